The number of halogens is 1. The molecule has 2 N–H and O–H groups in total. The topological polar surface area (TPSA) is 63.2 Å². The minimum absolute atomic E-state index is 0.0590. The fraction of sp³-hybridized carbons (Fsp3) is 0.100. The molecule has 0 unspecified atom stereocenters. The molecule has 0 spiro atoms. The van der Waals surface area contributed by atoms with Gasteiger partial charge < -0.3 is 15.4 Å². The first-order valence-electron chi connectivity index (χ1n) is 8.12. The summed E-state index contributed by atoms with van der Waals surface area (Å²) in [5.41, 5.74) is 1.60. The molecule has 1 heterocycles. The predicted molar refractivity (Wildman–Crippen MR) is 104 cm³/mol. The predicted octanol–water partition coefficient (Wildman–Crippen LogP) is 4.36. The van der Waals surface area contributed by atoms with Crippen LogP contribution in [0.5, 0.6) is 5.75 Å². The van der Waals surface area contributed by atoms with Crippen molar-refractivity contribution in [3.63, 3.8) is 0 Å². The van der Waals surface area contributed by atoms with E-state index in [9.17, 15) is 4.79 Å². The first kappa shape index (κ1) is 17.8. The number of ether oxygens (including phenoxy) is 1. The monoisotopic (exact) mass is 367 g/mol. The average Bonchev–Trinajstić information content (AvgIpc) is 2.68. The lowest BCUT2D eigenvalue weighted by atomic mass is 10.2. The molecule has 0 aliphatic heterocycles. The summed E-state index contributed by atoms with van der Waals surface area (Å²) >= 11 is 6.13. The number of hydrogen-bond acceptors (Lipinski definition) is 4. The second-order valence-corrected chi connectivity index (χ2v) is 5.93. The molecule has 132 valence electrons. The molecule has 0 atom stereocenters. The Bertz CT molecular complexity index is 854. The van der Waals surface area contributed by atoms with Crippen LogP contribution < -0.4 is 15.4 Å². The molecule has 0 saturated heterocycles. The number of amides is 1. The van der Waals surface area contributed by atoms with Crippen LogP contribution in [0.15, 0.2) is 72.9 Å². The van der Waals surface area contributed by atoms with E-state index in [1.165, 1.54) is 0 Å². The lowest BCUT2D eigenvalue weighted by Crippen LogP contribution is -2.20. The van der Waals surface area contributed by atoms with E-state index in [0.717, 1.165) is 5.56 Å². The van der Waals surface area contributed by atoms with E-state index in [1.807, 2.05) is 42.5 Å². The van der Waals surface area contributed by atoms with Crippen LogP contribution in [0.4, 0.5) is 11.5 Å². The quantitative estimate of drug-likeness (QED) is 0.651. The summed E-state index contributed by atoms with van der Waals surface area (Å²) in [6.45, 7) is 0.514. The fourth-order valence-electron chi connectivity index (χ4n) is 2.26. The van der Waals surface area contributed by atoms with Gasteiger partial charge in [-0.1, -0.05) is 48.0 Å². The number of nitrogens with one attached hydrogen (secondary N) is 2. The molecule has 0 saturated carbocycles. The van der Waals surface area contributed by atoms with Crippen LogP contribution in [0.1, 0.15) is 5.56 Å². The van der Waals surface area contributed by atoms with Crippen molar-refractivity contribution >= 4 is 29.0 Å². The Labute approximate surface area is 157 Å². The van der Waals surface area contributed by atoms with E-state index in [1.54, 1.807) is 30.5 Å². The van der Waals surface area contributed by atoms with Gasteiger partial charge in [-0.25, -0.2) is 4.98 Å². The van der Waals surface area contributed by atoms with Crippen molar-refractivity contribution in [2.45, 2.75) is 6.54 Å². The molecule has 0 bridgehead atoms. The summed E-state index contributed by atoms with van der Waals surface area (Å²) < 4.78 is 5.41. The molecule has 0 aliphatic carbocycles. The van der Waals surface area contributed by atoms with Gasteiger partial charge in [0.15, 0.2) is 6.61 Å². The maximum atomic E-state index is 11.9. The van der Waals surface area contributed by atoms with Gasteiger partial charge in [0.1, 0.15) is 11.6 Å². The number of carbonyl (C=O) groups is 1. The number of hydrogen-bond donors (Lipinski definition) is 2. The van der Waals surface area contributed by atoms with Crippen molar-refractivity contribution < 1.29 is 9.53 Å². The van der Waals surface area contributed by atoms with Gasteiger partial charge in [-0.15, -0.1) is 0 Å². The molecular weight excluding hydrogens is 350 g/mol. The molecular formula is C20H18ClN3O2. The number of benzene rings is 2. The Hall–Kier alpha value is -3.05. The Morgan fingerprint density at radius 2 is 1.77 bits per heavy atom. The molecule has 26 heavy (non-hydrogen) atoms. The lowest BCUT2D eigenvalue weighted by molar-refractivity contribution is -0.118. The standard InChI is InChI=1S/C20H18ClN3O2/c21-18-9-5-4-6-15(18)12-22-19-11-10-16(13-23-19)24-20(25)14-26-17-7-2-1-3-8-17/h1-11,13H,12,14H2,(H,22,23)(H,24,25). The summed E-state index contributed by atoms with van der Waals surface area (Å²) in [6.07, 6.45) is 1.59. The van der Waals surface area contributed by atoms with Gasteiger partial charge >= 0.3 is 0 Å². The van der Waals surface area contributed by atoms with Gasteiger partial charge in [0.25, 0.3) is 5.91 Å². The molecule has 1 amide bonds. The highest BCUT2D eigenvalue weighted by atomic mass is 35.5. The molecule has 1 aromatic heterocycles. The van der Waals surface area contributed by atoms with Gasteiger partial charge in [-0.05, 0) is 35.9 Å². The zero-order valence-corrected chi connectivity index (χ0v) is 14.7. The highest BCUT2D eigenvalue weighted by Crippen LogP contribution is 2.17. The Kier molecular flexibility index (Phi) is 6.06. The summed E-state index contributed by atoms with van der Waals surface area (Å²) in [4.78, 5) is 16.2. The van der Waals surface area contributed by atoms with E-state index in [4.69, 9.17) is 16.3 Å². The minimum atomic E-state index is -0.243. The maximum absolute atomic E-state index is 11.9. The first-order valence-corrected chi connectivity index (χ1v) is 8.49. The van der Waals surface area contributed by atoms with Gasteiger partial charge in [-0.2, -0.15) is 0 Å². The largest absolute Gasteiger partial charge is 0.484 e. The van der Waals surface area contributed by atoms with Crippen LogP contribution in [-0.2, 0) is 11.3 Å². The van der Waals surface area contributed by atoms with Crippen LogP contribution >= 0.6 is 11.6 Å². The molecule has 6 heteroatoms. The number of rotatable bonds is 7. The van der Waals surface area contributed by atoms with Gasteiger partial charge in [-0.3, -0.25) is 4.79 Å². The third-order valence-electron chi connectivity index (χ3n) is 3.58. The second-order valence-electron chi connectivity index (χ2n) is 5.53. The van der Waals surface area contributed by atoms with Crippen molar-refractivity contribution in [1.29, 1.82) is 0 Å². The van der Waals surface area contributed by atoms with Crippen LogP contribution in [0.3, 0.4) is 0 Å². The molecule has 5 nitrogen and oxygen atoms in total. The van der Waals surface area contributed by atoms with Gasteiger partial charge in [0.2, 0.25) is 0 Å². The third kappa shape index (κ3) is 5.22. The van der Waals surface area contributed by atoms with Crippen molar-refractivity contribution in [1.82, 2.24) is 4.98 Å². The van der Waals surface area contributed by atoms with E-state index in [2.05, 4.69) is 15.6 Å². The molecule has 0 fully saturated rings. The molecule has 0 aliphatic rings. The van der Waals surface area contributed by atoms with E-state index < -0.39 is 0 Å². The molecule has 3 rings (SSSR count). The zero-order chi connectivity index (χ0) is 18.2. The zero-order valence-electron chi connectivity index (χ0n) is 14.0. The molecule has 0 radical (unpaired) electrons. The van der Waals surface area contributed by atoms with Crippen LogP contribution in [0.2, 0.25) is 5.02 Å². The van der Waals surface area contributed by atoms with E-state index >= 15 is 0 Å². The highest BCUT2D eigenvalue weighted by Gasteiger charge is 2.05. The van der Waals surface area contributed by atoms with Gasteiger partial charge in [0, 0.05) is 11.6 Å². The Balaban J connectivity index is 1.48. The van der Waals surface area contributed by atoms with Crippen molar-refractivity contribution in [3.05, 3.63) is 83.5 Å². The van der Waals surface area contributed by atoms with Crippen LogP contribution in [0.25, 0.3) is 0 Å². The van der Waals surface area contributed by atoms with Crippen molar-refractivity contribution in [2.24, 2.45) is 0 Å². The maximum Gasteiger partial charge on any atom is 0.262 e. The second kappa shape index (κ2) is 8.87. The number of pyridine rings is 1. The van der Waals surface area contributed by atoms with E-state index in [0.29, 0.717) is 28.8 Å². The SMILES string of the molecule is O=C(COc1ccccc1)Nc1ccc(NCc2ccccc2Cl)nc1. The van der Waals surface area contributed by atoms with Crippen LogP contribution in [-0.4, -0.2) is 17.5 Å². The summed E-state index contributed by atoms with van der Waals surface area (Å²) in [5.74, 6) is 1.11. The normalized spacial score (nSPS) is 10.2. The number of nitrogens with zero attached hydrogens (tertiary/aromatic N) is 1. The smallest absolute Gasteiger partial charge is 0.262 e. The highest BCUT2D eigenvalue weighted by molar-refractivity contribution is 6.31. The van der Waals surface area contributed by atoms with Crippen molar-refractivity contribution in [2.75, 3.05) is 17.2 Å². The minimum Gasteiger partial charge on any atom is -0.484 e. The lowest BCUT2D eigenvalue weighted by Gasteiger charge is -2.09. The number of anilines is 2. The summed E-state index contributed by atoms with van der Waals surface area (Å²) in [5, 5.41) is 6.65. The fourth-order valence-corrected chi connectivity index (χ4v) is 2.47. The first-order chi connectivity index (χ1) is 12.7. The average molecular weight is 368 g/mol. The molecule has 2 aromatic carbocycles. The summed E-state index contributed by atoms with van der Waals surface area (Å²) in [7, 11) is 0. The van der Waals surface area contributed by atoms with E-state index in [-0.39, 0.29) is 12.5 Å². The van der Waals surface area contributed by atoms with Gasteiger partial charge in [0.05, 0.1) is 11.9 Å². The Morgan fingerprint density at radius 1 is 1.00 bits per heavy atom. The van der Waals surface area contributed by atoms with Crippen molar-refractivity contribution in [3.8, 4) is 5.75 Å². The molecule has 3 aromatic rings. The third-order valence-corrected chi connectivity index (χ3v) is 3.95. The number of para-hydroxylation sites is 1. The number of aromatic nitrogens is 1. The van der Waals surface area contributed by atoms with Crippen LogP contribution in [0, 0.1) is 0 Å². The Morgan fingerprint density at radius 3 is 2.50 bits per heavy atom. The summed E-state index contributed by atoms with van der Waals surface area (Å²) in [6, 6.07) is 20.4. The number of carbonyl (C=O) groups excluding carboxylic acids is 1.